The summed E-state index contributed by atoms with van der Waals surface area (Å²) in [6.45, 7) is 2.55. The Morgan fingerprint density at radius 2 is 2.11 bits per heavy atom. The first-order valence-electron chi connectivity index (χ1n) is 6.36. The van der Waals surface area contributed by atoms with Gasteiger partial charge in [-0.2, -0.15) is 0 Å². The van der Waals surface area contributed by atoms with Crippen molar-refractivity contribution in [1.29, 1.82) is 0 Å². The van der Waals surface area contributed by atoms with E-state index in [9.17, 15) is 14.4 Å². The van der Waals surface area contributed by atoms with Crippen LogP contribution in [0.1, 0.15) is 26.2 Å². The van der Waals surface area contributed by atoms with Crippen LogP contribution in [0, 0.1) is 0 Å². The lowest BCUT2D eigenvalue weighted by atomic mass is 10.2. The first kappa shape index (κ1) is 15.3. The van der Waals surface area contributed by atoms with Crippen LogP contribution in [0.2, 0.25) is 0 Å². The second-order valence-electron chi connectivity index (χ2n) is 4.47. The number of amides is 2. The molecule has 1 aliphatic heterocycles. The smallest absolute Gasteiger partial charge is 0.326 e. The SMILES string of the molecule is CCCN(CC(=O)OC)C(=O)N1CCC[C@@H]1C(=O)O. The Morgan fingerprint density at radius 1 is 1.42 bits per heavy atom. The number of urea groups is 1. The zero-order valence-corrected chi connectivity index (χ0v) is 11.3. The molecule has 108 valence electrons. The van der Waals surface area contributed by atoms with Gasteiger partial charge in [0.1, 0.15) is 12.6 Å². The fourth-order valence-corrected chi connectivity index (χ4v) is 2.17. The van der Waals surface area contributed by atoms with Crippen molar-refractivity contribution in [3.8, 4) is 0 Å². The second kappa shape index (κ2) is 6.96. The molecule has 7 nitrogen and oxygen atoms in total. The minimum Gasteiger partial charge on any atom is -0.480 e. The predicted octanol–water partition coefficient (Wildman–Crippen LogP) is 0.540. The van der Waals surface area contributed by atoms with E-state index in [-0.39, 0.29) is 6.54 Å². The number of rotatable bonds is 5. The molecule has 0 radical (unpaired) electrons. The Balaban J connectivity index is 2.75. The van der Waals surface area contributed by atoms with Gasteiger partial charge in [0.25, 0.3) is 0 Å². The third-order valence-corrected chi connectivity index (χ3v) is 3.10. The van der Waals surface area contributed by atoms with Crippen LogP contribution in [0.25, 0.3) is 0 Å². The highest BCUT2D eigenvalue weighted by atomic mass is 16.5. The van der Waals surface area contributed by atoms with E-state index in [1.165, 1.54) is 16.9 Å². The number of ether oxygens (including phenoxy) is 1. The van der Waals surface area contributed by atoms with Crippen LogP contribution in [0.15, 0.2) is 0 Å². The molecule has 0 aliphatic carbocycles. The number of esters is 1. The van der Waals surface area contributed by atoms with Crippen molar-refractivity contribution in [1.82, 2.24) is 9.80 Å². The minimum absolute atomic E-state index is 0.147. The molecule has 2 amide bonds. The highest BCUT2D eigenvalue weighted by Crippen LogP contribution is 2.19. The van der Waals surface area contributed by atoms with Crippen LogP contribution in [0.4, 0.5) is 4.79 Å². The van der Waals surface area contributed by atoms with Crippen molar-refractivity contribution in [2.24, 2.45) is 0 Å². The van der Waals surface area contributed by atoms with Crippen LogP contribution >= 0.6 is 0 Å². The Hall–Kier alpha value is -1.79. The largest absolute Gasteiger partial charge is 0.480 e. The number of nitrogens with zero attached hydrogens (tertiary/aromatic N) is 2. The second-order valence-corrected chi connectivity index (χ2v) is 4.47. The lowest BCUT2D eigenvalue weighted by Gasteiger charge is -2.29. The molecule has 0 spiro atoms. The summed E-state index contributed by atoms with van der Waals surface area (Å²) in [7, 11) is 1.26. The van der Waals surface area contributed by atoms with Gasteiger partial charge in [-0.05, 0) is 19.3 Å². The first-order chi connectivity index (χ1) is 9.01. The lowest BCUT2D eigenvalue weighted by Crippen LogP contribution is -2.49. The molecule has 0 aromatic rings. The Kier molecular flexibility index (Phi) is 5.59. The van der Waals surface area contributed by atoms with E-state index in [0.29, 0.717) is 32.4 Å². The highest BCUT2D eigenvalue weighted by Gasteiger charge is 2.36. The summed E-state index contributed by atoms with van der Waals surface area (Å²) in [6.07, 6.45) is 1.81. The number of methoxy groups -OCH3 is 1. The van der Waals surface area contributed by atoms with Crippen molar-refractivity contribution in [3.63, 3.8) is 0 Å². The molecule has 1 rings (SSSR count). The van der Waals surface area contributed by atoms with Crippen molar-refractivity contribution in [2.45, 2.75) is 32.2 Å². The monoisotopic (exact) mass is 272 g/mol. The topological polar surface area (TPSA) is 87.2 Å². The van der Waals surface area contributed by atoms with E-state index in [1.807, 2.05) is 6.92 Å². The predicted molar refractivity (Wildman–Crippen MR) is 66.6 cm³/mol. The van der Waals surface area contributed by atoms with E-state index < -0.39 is 24.0 Å². The quantitative estimate of drug-likeness (QED) is 0.738. The van der Waals surface area contributed by atoms with Crippen molar-refractivity contribution < 1.29 is 24.2 Å². The number of carbonyl (C=O) groups excluding carboxylic acids is 2. The van der Waals surface area contributed by atoms with Crippen molar-refractivity contribution in [2.75, 3.05) is 26.7 Å². The summed E-state index contributed by atoms with van der Waals surface area (Å²) in [5.41, 5.74) is 0. The number of likely N-dealkylation sites (tertiary alicyclic amines) is 1. The molecule has 0 unspecified atom stereocenters. The molecular weight excluding hydrogens is 252 g/mol. The highest BCUT2D eigenvalue weighted by molar-refractivity contribution is 5.85. The average Bonchev–Trinajstić information content (AvgIpc) is 2.86. The number of carbonyl (C=O) groups is 3. The molecule has 0 aromatic heterocycles. The number of carboxylic acid groups (broad SMARTS) is 1. The summed E-state index contributed by atoms with van der Waals surface area (Å²) in [5, 5.41) is 9.07. The molecule has 1 heterocycles. The number of carboxylic acids is 1. The normalized spacial score (nSPS) is 18.2. The summed E-state index contributed by atoms with van der Waals surface area (Å²) in [5.74, 6) is -1.51. The fraction of sp³-hybridized carbons (Fsp3) is 0.750. The van der Waals surface area contributed by atoms with Gasteiger partial charge in [-0.25, -0.2) is 9.59 Å². The van der Waals surface area contributed by atoms with Gasteiger partial charge in [-0.3, -0.25) is 4.79 Å². The van der Waals surface area contributed by atoms with Crippen LogP contribution in [0.5, 0.6) is 0 Å². The van der Waals surface area contributed by atoms with Crippen LogP contribution < -0.4 is 0 Å². The summed E-state index contributed by atoms with van der Waals surface area (Å²) in [6, 6.07) is -1.19. The standard InChI is InChI=1S/C12H20N2O5/c1-3-6-13(8-10(15)19-2)12(18)14-7-4-5-9(14)11(16)17/h9H,3-8H2,1-2H3,(H,16,17)/t9-/m1/s1. The molecule has 0 saturated carbocycles. The van der Waals surface area contributed by atoms with Gasteiger partial charge in [0.05, 0.1) is 7.11 Å². The Bertz CT molecular complexity index is 358. The third-order valence-electron chi connectivity index (χ3n) is 3.10. The van der Waals surface area contributed by atoms with E-state index in [4.69, 9.17) is 5.11 Å². The van der Waals surface area contributed by atoms with Gasteiger partial charge in [-0.15, -0.1) is 0 Å². The number of hydrogen-bond acceptors (Lipinski definition) is 4. The summed E-state index contributed by atoms with van der Waals surface area (Å²) < 4.78 is 4.55. The van der Waals surface area contributed by atoms with Gasteiger partial charge in [0, 0.05) is 13.1 Å². The number of aliphatic carboxylic acids is 1. The molecular formula is C12H20N2O5. The molecule has 1 saturated heterocycles. The van der Waals surface area contributed by atoms with Crippen LogP contribution in [-0.2, 0) is 14.3 Å². The first-order valence-corrected chi connectivity index (χ1v) is 6.36. The molecule has 1 fully saturated rings. The van der Waals surface area contributed by atoms with E-state index >= 15 is 0 Å². The van der Waals surface area contributed by atoms with Gasteiger partial charge >= 0.3 is 18.0 Å². The molecule has 1 atom stereocenters. The molecule has 0 bridgehead atoms. The molecule has 1 aliphatic rings. The van der Waals surface area contributed by atoms with Gasteiger partial charge < -0.3 is 19.6 Å². The molecule has 0 aromatic carbocycles. The van der Waals surface area contributed by atoms with Gasteiger partial charge in [-0.1, -0.05) is 6.92 Å². The zero-order valence-electron chi connectivity index (χ0n) is 11.3. The average molecular weight is 272 g/mol. The Labute approximate surface area is 112 Å². The Morgan fingerprint density at radius 3 is 2.63 bits per heavy atom. The van der Waals surface area contributed by atoms with Crippen molar-refractivity contribution in [3.05, 3.63) is 0 Å². The lowest BCUT2D eigenvalue weighted by molar-refractivity contribution is -0.141. The zero-order chi connectivity index (χ0) is 14.4. The maximum atomic E-state index is 12.3. The summed E-state index contributed by atoms with van der Waals surface area (Å²) in [4.78, 5) is 37.3. The van der Waals surface area contributed by atoms with E-state index in [1.54, 1.807) is 0 Å². The van der Waals surface area contributed by atoms with Gasteiger partial charge in [0.2, 0.25) is 0 Å². The minimum atomic E-state index is -1.000. The molecule has 1 N–H and O–H groups in total. The maximum absolute atomic E-state index is 12.3. The van der Waals surface area contributed by atoms with E-state index in [0.717, 1.165) is 0 Å². The third kappa shape index (κ3) is 3.84. The van der Waals surface area contributed by atoms with Crippen molar-refractivity contribution >= 4 is 18.0 Å². The maximum Gasteiger partial charge on any atom is 0.326 e. The molecule has 7 heteroatoms. The summed E-state index contributed by atoms with van der Waals surface area (Å²) >= 11 is 0. The number of hydrogen-bond donors (Lipinski definition) is 1. The van der Waals surface area contributed by atoms with Gasteiger partial charge in [0.15, 0.2) is 0 Å². The fourth-order valence-electron chi connectivity index (χ4n) is 2.17. The van der Waals surface area contributed by atoms with E-state index in [2.05, 4.69) is 4.74 Å². The van der Waals surface area contributed by atoms with Crippen LogP contribution in [-0.4, -0.2) is 65.7 Å². The molecule has 19 heavy (non-hydrogen) atoms. The van der Waals surface area contributed by atoms with Crippen LogP contribution in [0.3, 0.4) is 0 Å².